The van der Waals surface area contributed by atoms with Crippen LogP contribution in [0.25, 0.3) is 16.9 Å². The molecule has 2 aliphatic heterocycles. The first-order valence-electron chi connectivity index (χ1n) is 11.0. The Morgan fingerprint density at radius 1 is 1.06 bits per heavy atom. The van der Waals surface area contributed by atoms with E-state index in [4.69, 9.17) is 20.4 Å². The largest absolute Gasteiger partial charge is 0.377 e. The SMILES string of the molecule is C[C@H]1COCCN1c1cc(-n2c(C(F)F)nc3ccccc32)nc(N2CCC(N)CC2)n1. The summed E-state index contributed by atoms with van der Waals surface area (Å²) in [6, 6.07) is 9.18. The molecule has 0 saturated carbocycles. The second kappa shape index (κ2) is 8.59. The number of aromatic nitrogens is 4. The van der Waals surface area contributed by atoms with Gasteiger partial charge in [0.2, 0.25) is 5.95 Å². The number of hydrogen-bond acceptors (Lipinski definition) is 7. The summed E-state index contributed by atoms with van der Waals surface area (Å²) < 4.78 is 35.0. The van der Waals surface area contributed by atoms with Crippen molar-refractivity contribution in [1.29, 1.82) is 0 Å². The third-order valence-corrected chi connectivity index (χ3v) is 6.18. The lowest BCUT2D eigenvalue weighted by Crippen LogP contribution is -2.45. The van der Waals surface area contributed by atoms with Gasteiger partial charge in [-0.05, 0) is 31.9 Å². The van der Waals surface area contributed by atoms with E-state index >= 15 is 0 Å². The lowest BCUT2D eigenvalue weighted by Gasteiger charge is -2.36. The zero-order valence-electron chi connectivity index (χ0n) is 18.0. The van der Waals surface area contributed by atoms with Crippen molar-refractivity contribution >= 4 is 22.8 Å². The molecule has 170 valence electrons. The topological polar surface area (TPSA) is 85.3 Å². The molecule has 32 heavy (non-hydrogen) atoms. The van der Waals surface area contributed by atoms with Gasteiger partial charge in [0.1, 0.15) is 11.6 Å². The van der Waals surface area contributed by atoms with E-state index in [-0.39, 0.29) is 17.9 Å². The molecule has 1 atom stereocenters. The average Bonchev–Trinajstić information content (AvgIpc) is 3.20. The van der Waals surface area contributed by atoms with E-state index in [9.17, 15) is 8.78 Å². The molecule has 0 aliphatic carbocycles. The number of hydrogen-bond donors (Lipinski definition) is 1. The van der Waals surface area contributed by atoms with Crippen LogP contribution in [-0.4, -0.2) is 64.5 Å². The summed E-state index contributed by atoms with van der Waals surface area (Å²) in [7, 11) is 0. The first-order chi connectivity index (χ1) is 15.5. The molecular formula is C22H27F2N7O. The first-order valence-corrected chi connectivity index (χ1v) is 11.0. The van der Waals surface area contributed by atoms with Crippen LogP contribution in [0.3, 0.4) is 0 Å². The summed E-state index contributed by atoms with van der Waals surface area (Å²) in [4.78, 5) is 18.0. The van der Waals surface area contributed by atoms with Crippen molar-refractivity contribution in [1.82, 2.24) is 19.5 Å². The maximum absolute atomic E-state index is 14.0. The minimum atomic E-state index is -2.74. The van der Waals surface area contributed by atoms with Crippen LogP contribution in [0.2, 0.25) is 0 Å². The van der Waals surface area contributed by atoms with E-state index in [1.807, 2.05) is 6.07 Å². The van der Waals surface area contributed by atoms with Gasteiger partial charge in [0, 0.05) is 31.7 Å². The van der Waals surface area contributed by atoms with Gasteiger partial charge in [-0.3, -0.25) is 4.57 Å². The molecule has 0 amide bonds. The zero-order valence-corrected chi connectivity index (χ0v) is 18.0. The molecule has 2 fully saturated rings. The Labute approximate surface area is 185 Å². The van der Waals surface area contributed by atoms with Crippen LogP contribution < -0.4 is 15.5 Å². The second-order valence-electron chi connectivity index (χ2n) is 8.42. The van der Waals surface area contributed by atoms with Crippen LogP contribution in [0, 0.1) is 0 Å². The third-order valence-electron chi connectivity index (χ3n) is 6.18. The fourth-order valence-electron chi connectivity index (χ4n) is 4.41. The van der Waals surface area contributed by atoms with Crippen molar-refractivity contribution < 1.29 is 13.5 Å². The molecule has 2 N–H and O–H groups in total. The van der Waals surface area contributed by atoms with Gasteiger partial charge in [0.05, 0.1) is 30.3 Å². The molecule has 2 aliphatic rings. The number of anilines is 2. The van der Waals surface area contributed by atoms with Gasteiger partial charge in [-0.15, -0.1) is 0 Å². The predicted molar refractivity (Wildman–Crippen MR) is 119 cm³/mol. The molecule has 0 radical (unpaired) electrons. The molecular weight excluding hydrogens is 416 g/mol. The molecule has 0 bridgehead atoms. The highest BCUT2D eigenvalue weighted by molar-refractivity contribution is 5.78. The van der Waals surface area contributed by atoms with Crippen LogP contribution >= 0.6 is 0 Å². The number of piperidine rings is 1. The van der Waals surface area contributed by atoms with Crippen LogP contribution in [-0.2, 0) is 4.74 Å². The molecule has 2 aromatic heterocycles. The summed E-state index contributed by atoms with van der Waals surface area (Å²) in [6.45, 7) is 5.38. The number of ether oxygens (including phenoxy) is 1. The summed E-state index contributed by atoms with van der Waals surface area (Å²) in [6.07, 6.45) is -1.06. The number of alkyl halides is 2. The summed E-state index contributed by atoms with van der Waals surface area (Å²) in [5.41, 5.74) is 7.18. The molecule has 10 heteroatoms. The van der Waals surface area contributed by atoms with E-state index in [2.05, 4.69) is 21.7 Å². The third kappa shape index (κ3) is 3.88. The van der Waals surface area contributed by atoms with Crippen molar-refractivity contribution in [3.05, 3.63) is 36.2 Å². The highest BCUT2D eigenvalue weighted by Crippen LogP contribution is 2.30. The van der Waals surface area contributed by atoms with Gasteiger partial charge in [0.25, 0.3) is 6.43 Å². The lowest BCUT2D eigenvalue weighted by molar-refractivity contribution is 0.0985. The highest BCUT2D eigenvalue weighted by Gasteiger charge is 2.27. The van der Waals surface area contributed by atoms with Crippen LogP contribution in [0.5, 0.6) is 0 Å². The maximum atomic E-state index is 14.0. The van der Waals surface area contributed by atoms with E-state index in [1.54, 1.807) is 24.3 Å². The van der Waals surface area contributed by atoms with Gasteiger partial charge >= 0.3 is 0 Å². The summed E-state index contributed by atoms with van der Waals surface area (Å²) in [5.74, 6) is 1.30. The predicted octanol–water partition coefficient (Wildman–Crippen LogP) is 2.91. The van der Waals surface area contributed by atoms with Gasteiger partial charge in [0.15, 0.2) is 5.82 Å². The lowest BCUT2D eigenvalue weighted by atomic mass is 10.1. The Balaban J connectivity index is 1.67. The smallest absolute Gasteiger partial charge is 0.296 e. The molecule has 3 aromatic rings. The number of nitrogens with two attached hydrogens (primary N) is 1. The van der Waals surface area contributed by atoms with Crippen LogP contribution in [0.4, 0.5) is 20.5 Å². The number of rotatable bonds is 4. The number of para-hydroxylation sites is 2. The van der Waals surface area contributed by atoms with E-state index in [1.165, 1.54) is 4.57 Å². The maximum Gasteiger partial charge on any atom is 0.296 e. The minimum absolute atomic E-state index is 0.114. The molecule has 8 nitrogen and oxygen atoms in total. The number of morpholine rings is 1. The Hall–Kier alpha value is -2.85. The summed E-state index contributed by atoms with van der Waals surface area (Å²) in [5, 5.41) is 0. The van der Waals surface area contributed by atoms with Gasteiger partial charge in [-0.1, -0.05) is 12.1 Å². The first kappa shape index (κ1) is 21.0. The minimum Gasteiger partial charge on any atom is -0.377 e. The van der Waals surface area contributed by atoms with E-state index < -0.39 is 6.43 Å². The average molecular weight is 444 g/mol. The Morgan fingerprint density at radius 2 is 1.81 bits per heavy atom. The number of fused-ring (bicyclic) bond motifs is 1. The Kier molecular flexibility index (Phi) is 5.64. The fourth-order valence-corrected chi connectivity index (χ4v) is 4.41. The fraction of sp³-hybridized carbons (Fsp3) is 0.500. The highest BCUT2D eigenvalue weighted by atomic mass is 19.3. The van der Waals surface area contributed by atoms with Crippen LogP contribution in [0.15, 0.2) is 30.3 Å². The number of imidazole rings is 1. The van der Waals surface area contributed by atoms with E-state index in [0.717, 1.165) is 25.9 Å². The molecule has 0 spiro atoms. The monoisotopic (exact) mass is 443 g/mol. The number of nitrogens with zero attached hydrogens (tertiary/aromatic N) is 6. The van der Waals surface area contributed by atoms with Gasteiger partial charge in [-0.2, -0.15) is 9.97 Å². The normalized spacial score (nSPS) is 20.5. The molecule has 1 aromatic carbocycles. The quantitative estimate of drug-likeness (QED) is 0.664. The second-order valence-corrected chi connectivity index (χ2v) is 8.42. The zero-order chi connectivity index (χ0) is 22.2. The van der Waals surface area contributed by atoms with Gasteiger partial charge < -0.3 is 20.3 Å². The van der Waals surface area contributed by atoms with Gasteiger partial charge in [-0.25, -0.2) is 13.8 Å². The van der Waals surface area contributed by atoms with Crippen molar-refractivity contribution in [3.63, 3.8) is 0 Å². The molecule has 2 saturated heterocycles. The van der Waals surface area contributed by atoms with Crippen molar-refractivity contribution in [2.24, 2.45) is 5.73 Å². The van der Waals surface area contributed by atoms with E-state index in [0.29, 0.717) is 48.4 Å². The van der Waals surface area contributed by atoms with Crippen molar-refractivity contribution in [3.8, 4) is 5.82 Å². The summed E-state index contributed by atoms with van der Waals surface area (Å²) >= 11 is 0. The van der Waals surface area contributed by atoms with Crippen molar-refractivity contribution in [2.45, 2.75) is 38.3 Å². The van der Waals surface area contributed by atoms with Crippen molar-refractivity contribution in [2.75, 3.05) is 42.6 Å². The standard InChI is InChI=1S/C22H27F2N7O/c1-14-13-32-11-10-30(14)18-12-19(28-22(27-18)29-8-6-15(25)7-9-29)31-17-5-3-2-4-16(17)26-21(31)20(23)24/h2-5,12,14-15,20H,6-11,13,25H2,1H3/t14-/m0/s1. The molecule has 0 unspecified atom stereocenters. The molecule has 5 rings (SSSR count). The van der Waals surface area contributed by atoms with Crippen LogP contribution in [0.1, 0.15) is 32.0 Å². The Bertz CT molecular complexity index is 1100. The number of benzene rings is 1. The Morgan fingerprint density at radius 3 is 2.56 bits per heavy atom. The number of halogens is 2. The molecule has 4 heterocycles.